The number of nitrogens with one attached hydrogen (secondary N) is 2. The predicted molar refractivity (Wildman–Crippen MR) is 71.2 cm³/mol. The maximum absolute atomic E-state index is 11.9. The zero-order valence-corrected chi connectivity index (χ0v) is 11.7. The minimum atomic E-state index is -0.0996. The normalized spacial score (nSPS) is 19.7. The number of hydrogen-bond donors (Lipinski definition) is 2. The van der Waals surface area contributed by atoms with Gasteiger partial charge in [0.05, 0.1) is 6.54 Å². The van der Waals surface area contributed by atoms with E-state index in [1.54, 1.807) is 7.05 Å². The average Bonchev–Trinajstić information content (AvgIpc) is 2.28. The van der Waals surface area contributed by atoms with Crippen LogP contribution in [-0.2, 0) is 9.59 Å². The summed E-state index contributed by atoms with van der Waals surface area (Å²) in [6.07, 6.45) is 3.92. The minimum Gasteiger partial charge on any atom is -0.352 e. The Hall–Kier alpha value is -1.10. The second-order valence-electron chi connectivity index (χ2n) is 5.32. The summed E-state index contributed by atoms with van der Waals surface area (Å²) >= 11 is 0. The van der Waals surface area contributed by atoms with E-state index in [-0.39, 0.29) is 30.4 Å². The number of rotatable bonds is 5. The Kier molecular flexibility index (Phi) is 6.12. The Morgan fingerprint density at radius 1 is 1.39 bits per heavy atom. The lowest BCUT2D eigenvalue weighted by molar-refractivity contribution is -0.135. The molecule has 5 nitrogen and oxygen atoms in total. The van der Waals surface area contributed by atoms with Crippen LogP contribution in [0.2, 0.25) is 0 Å². The van der Waals surface area contributed by atoms with Gasteiger partial charge < -0.3 is 15.5 Å². The Bertz CT molecular complexity index is 286. The maximum atomic E-state index is 11.9. The molecule has 0 aromatic heterocycles. The van der Waals surface area contributed by atoms with Gasteiger partial charge in [-0.25, -0.2) is 0 Å². The van der Waals surface area contributed by atoms with Gasteiger partial charge in [0.15, 0.2) is 0 Å². The van der Waals surface area contributed by atoms with Gasteiger partial charge in [-0.15, -0.1) is 0 Å². The molecule has 104 valence electrons. The molecule has 0 aromatic rings. The van der Waals surface area contributed by atoms with Gasteiger partial charge in [0, 0.05) is 25.6 Å². The standard InChI is InChI=1S/C13H25N3O2/c1-10(2)15-12(17)9-16(3)13(18)8-11-6-4-5-7-14-11/h10-11,14H,4-9H2,1-3H3,(H,15,17). The molecule has 1 aliphatic rings. The van der Waals surface area contributed by atoms with E-state index >= 15 is 0 Å². The number of hydrogen-bond acceptors (Lipinski definition) is 3. The van der Waals surface area contributed by atoms with Crippen molar-refractivity contribution < 1.29 is 9.59 Å². The van der Waals surface area contributed by atoms with E-state index in [4.69, 9.17) is 0 Å². The van der Waals surface area contributed by atoms with Crippen LogP contribution in [0.15, 0.2) is 0 Å². The topological polar surface area (TPSA) is 61.4 Å². The number of likely N-dealkylation sites (N-methyl/N-ethyl adjacent to an activating group) is 1. The molecule has 1 unspecified atom stereocenters. The fourth-order valence-electron chi connectivity index (χ4n) is 2.14. The fourth-order valence-corrected chi connectivity index (χ4v) is 2.14. The fraction of sp³-hybridized carbons (Fsp3) is 0.846. The van der Waals surface area contributed by atoms with Gasteiger partial charge in [-0.3, -0.25) is 9.59 Å². The van der Waals surface area contributed by atoms with Crippen molar-refractivity contribution in [2.45, 2.75) is 51.6 Å². The molecular weight excluding hydrogens is 230 g/mol. The third kappa shape index (κ3) is 5.49. The summed E-state index contributed by atoms with van der Waals surface area (Å²) in [5.41, 5.74) is 0. The van der Waals surface area contributed by atoms with E-state index in [1.165, 1.54) is 17.7 Å². The third-order valence-corrected chi connectivity index (χ3v) is 3.09. The van der Waals surface area contributed by atoms with Gasteiger partial charge in [-0.2, -0.15) is 0 Å². The summed E-state index contributed by atoms with van der Waals surface area (Å²) in [7, 11) is 1.69. The second kappa shape index (κ2) is 7.36. The quantitative estimate of drug-likeness (QED) is 0.752. The van der Waals surface area contributed by atoms with Crippen molar-refractivity contribution >= 4 is 11.8 Å². The first-order valence-corrected chi connectivity index (χ1v) is 6.75. The van der Waals surface area contributed by atoms with E-state index in [0.29, 0.717) is 6.42 Å². The van der Waals surface area contributed by atoms with Crippen LogP contribution >= 0.6 is 0 Å². The Morgan fingerprint density at radius 3 is 2.67 bits per heavy atom. The molecule has 1 rings (SSSR count). The number of carbonyl (C=O) groups excluding carboxylic acids is 2. The summed E-state index contributed by atoms with van der Waals surface area (Å²) in [6.45, 7) is 4.95. The van der Waals surface area contributed by atoms with Crippen LogP contribution in [0.3, 0.4) is 0 Å². The number of piperidine rings is 1. The van der Waals surface area contributed by atoms with Crippen LogP contribution in [-0.4, -0.2) is 48.9 Å². The van der Waals surface area contributed by atoms with Crippen molar-refractivity contribution in [1.82, 2.24) is 15.5 Å². The van der Waals surface area contributed by atoms with Crippen molar-refractivity contribution in [3.63, 3.8) is 0 Å². The zero-order chi connectivity index (χ0) is 13.5. The highest BCUT2D eigenvalue weighted by Crippen LogP contribution is 2.10. The van der Waals surface area contributed by atoms with Crippen LogP contribution in [0, 0.1) is 0 Å². The Labute approximate surface area is 109 Å². The molecule has 1 aliphatic heterocycles. The third-order valence-electron chi connectivity index (χ3n) is 3.09. The van der Waals surface area contributed by atoms with Crippen LogP contribution in [0.4, 0.5) is 0 Å². The Morgan fingerprint density at radius 2 is 2.11 bits per heavy atom. The van der Waals surface area contributed by atoms with Gasteiger partial charge in [0.2, 0.25) is 11.8 Å². The second-order valence-corrected chi connectivity index (χ2v) is 5.32. The minimum absolute atomic E-state index is 0.0355. The van der Waals surface area contributed by atoms with Crippen molar-refractivity contribution in [2.24, 2.45) is 0 Å². The highest BCUT2D eigenvalue weighted by atomic mass is 16.2. The molecule has 0 spiro atoms. The molecule has 5 heteroatoms. The lowest BCUT2D eigenvalue weighted by Crippen LogP contribution is -2.43. The molecule has 0 radical (unpaired) electrons. The van der Waals surface area contributed by atoms with Gasteiger partial charge in [0.1, 0.15) is 0 Å². The molecule has 2 amide bonds. The van der Waals surface area contributed by atoms with Crippen molar-refractivity contribution in [3.8, 4) is 0 Å². The van der Waals surface area contributed by atoms with Crippen molar-refractivity contribution in [3.05, 3.63) is 0 Å². The van der Waals surface area contributed by atoms with E-state index in [0.717, 1.165) is 13.0 Å². The first kappa shape index (κ1) is 15.0. The number of carbonyl (C=O) groups is 2. The van der Waals surface area contributed by atoms with E-state index < -0.39 is 0 Å². The molecule has 0 saturated carbocycles. The highest BCUT2D eigenvalue weighted by molar-refractivity contribution is 5.84. The van der Waals surface area contributed by atoms with Gasteiger partial charge >= 0.3 is 0 Å². The van der Waals surface area contributed by atoms with E-state index in [1.807, 2.05) is 13.8 Å². The first-order chi connectivity index (χ1) is 8.49. The molecule has 1 fully saturated rings. The molecule has 0 aromatic carbocycles. The summed E-state index contributed by atoms with van der Waals surface area (Å²) in [4.78, 5) is 25.0. The van der Waals surface area contributed by atoms with Gasteiger partial charge in [0.25, 0.3) is 0 Å². The average molecular weight is 255 g/mol. The molecule has 1 atom stereocenters. The number of nitrogens with zero attached hydrogens (tertiary/aromatic N) is 1. The lowest BCUT2D eigenvalue weighted by Gasteiger charge is -2.25. The largest absolute Gasteiger partial charge is 0.352 e. The van der Waals surface area contributed by atoms with Crippen molar-refractivity contribution in [1.29, 1.82) is 0 Å². The predicted octanol–water partition coefficient (Wildman–Crippen LogP) is 0.502. The van der Waals surface area contributed by atoms with Crippen LogP contribution < -0.4 is 10.6 Å². The van der Waals surface area contributed by atoms with E-state index in [2.05, 4.69) is 10.6 Å². The van der Waals surface area contributed by atoms with Crippen LogP contribution in [0.25, 0.3) is 0 Å². The molecule has 1 heterocycles. The van der Waals surface area contributed by atoms with Crippen molar-refractivity contribution in [2.75, 3.05) is 20.1 Å². The highest BCUT2D eigenvalue weighted by Gasteiger charge is 2.20. The van der Waals surface area contributed by atoms with Gasteiger partial charge in [-0.1, -0.05) is 6.42 Å². The summed E-state index contributed by atoms with van der Waals surface area (Å²) in [5.74, 6) is -0.0641. The molecule has 0 aliphatic carbocycles. The smallest absolute Gasteiger partial charge is 0.239 e. The van der Waals surface area contributed by atoms with Crippen LogP contribution in [0.1, 0.15) is 39.5 Å². The molecular formula is C13H25N3O2. The van der Waals surface area contributed by atoms with E-state index in [9.17, 15) is 9.59 Å². The lowest BCUT2D eigenvalue weighted by atomic mass is 10.0. The zero-order valence-electron chi connectivity index (χ0n) is 11.7. The maximum Gasteiger partial charge on any atom is 0.239 e. The SMILES string of the molecule is CC(C)NC(=O)CN(C)C(=O)CC1CCCCN1. The Balaban J connectivity index is 2.29. The monoisotopic (exact) mass is 255 g/mol. The molecule has 0 bridgehead atoms. The number of amides is 2. The summed E-state index contributed by atoms with van der Waals surface area (Å²) in [6, 6.07) is 0.392. The van der Waals surface area contributed by atoms with Gasteiger partial charge in [-0.05, 0) is 33.2 Å². The molecule has 2 N–H and O–H groups in total. The molecule has 1 saturated heterocycles. The summed E-state index contributed by atoms with van der Waals surface area (Å²) < 4.78 is 0. The van der Waals surface area contributed by atoms with Crippen LogP contribution in [0.5, 0.6) is 0 Å². The first-order valence-electron chi connectivity index (χ1n) is 6.75. The molecule has 18 heavy (non-hydrogen) atoms. The summed E-state index contributed by atoms with van der Waals surface area (Å²) in [5, 5.41) is 6.13.